The van der Waals surface area contributed by atoms with E-state index >= 15 is 0 Å². The normalized spacial score (nSPS) is 9.29. The molecule has 1 aromatic rings. The number of carbonyl (C=O) groups excluding carboxylic acids is 1. The van der Waals surface area contributed by atoms with E-state index in [2.05, 4.69) is 4.99 Å². The van der Waals surface area contributed by atoms with E-state index in [-0.39, 0.29) is 18.5 Å². The second kappa shape index (κ2) is 5.78. The maximum atomic E-state index is 13.9. The van der Waals surface area contributed by atoms with Crippen molar-refractivity contribution < 1.29 is 9.18 Å². The van der Waals surface area contributed by atoms with Crippen LogP contribution in [0.1, 0.15) is 11.1 Å². The molecule has 5 heteroatoms. The Morgan fingerprint density at radius 3 is 2.71 bits per heavy atom. The van der Waals surface area contributed by atoms with Crippen LogP contribution < -0.4 is 4.90 Å². The maximum Gasteiger partial charge on any atom is 0.234 e. The van der Waals surface area contributed by atoms with Crippen molar-refractivity contribution in [2.45, 2.75) is 6.42 Å². The number of nitrogens with zero attached hydrogens (tertiary/aromatic N) is 3. The minimum atomic E-state index is -0.542. The fourth-order valence-electron chi connectivity index (χ4n) is 1.50. The highest BCUT2D eigenvalue weighted by atomic mass is 19.1. The van der Waals surface area contributed by atoms with E-state index in [9.17, 15) is 9.18 Å². The van der Waals surface area contributed by atoms with Crippen molar-refractivity contribution >= 4 is 11.8 Å². The van der Waals surface area contributed by atoms with Gasteiger partial charge >= 0.3 is 0 Å². The van der Waals surface area contributed by atoms with Crippen LogP contribution in [0.5, 0.6) is 0 Å². The minimum Gasteiger partial charge on any atom is -0.377 e. The number of isocyanates is 1. The third-order valence-corrected chi connectivity index (χ3v) is 2.35. The Bertz CT molecular complexity index is 499. The van der Waals surface area contributed by atoms with E-state index in [0.29, 0.717) is 11.3 Å². The minimum absolute atomic E-state index is 0.0163. The first-order chi connectivity index (χ1) is 8.11. The summed E-state index contributed by atoms with van der Waals surface area (Å²) in [6.45, 7) is 0.173. The first kappa shape index (κ1) is 12.9. The summed E-state index contributed by atoms with van der Waals surface area (Å²) in [5, 5.41) is 8.94. The van der Waals surface area contributed by atoms with Gasteiger partial charge in [0.05, 0.1) is 12.2 Å². The molecule has 0 aliphatic heterocycles. The summed E-state index contributed by atoms with van der Waals surface area (Å²) in [5.41, 5.74) is 0.932. The van der Waals surface area contributed by atoms with Crippen LogP contribution >= 0.6 is 0 Å². The molecule has 0 aliphatic rings. The summed E-state index contributed by atoms with van der Waals surface area (Å²) in [6.07, 6.45) is 1.68. The second-order valence-corrected chi connectivity index (χ2v) is 3.66. The Hall–Kier alpha value is -2.18. The largest absolute Gasteiger partial charge is 0.377 e. The van der Waals surface area contributed by atoms with Crippen LogP contribution in [0.15, 0.2) is 17.1 Å². The lowest BCUT2D eigenvalue weighted by Crippen LogP contribution is -2.12. The van der Waals surface area contributed by atoms with Crippen molar-refractivity contribution in [1.82, 2.24) is 0 Å². The van der Waals surface area contributed by atoms with Crippen LogP contribution in [-0.2, 0) is 11.2 Å². The first-order valence-corrected chi connectivity index (χ1v) is 5.04. The lowest BCUT2D eigenvalue weighted by Gasteiger charge is -2.15. The van der Waals surface area contributed by atoms with Crippen molar-refractivity contribution in [3.8, 4) is 6.07 Å². The first-order valence-electron chi connectivity index (χ1n) is 5.04. The van der Waals surface area contributed by atoms with Crippen LogP contribution in [0.3, 0.4) is 0 Å². The number of anilines is 1. The van der Waals surface area contributed by atoms with Gasteiger partial charge in [0, 0.05) is 14.1 Å². The average Bonchev–Trinajstić information content (AvgIpc) is 2.30. The van der Waals surface area contributed by atoms with Gasteiger partial charge in [0.15, 0.2) is 0 Å². The molecule has 1 rings (SSSR count). The third-order valence-electron chi connectivity index (χ3n) is 2.35. The van der Waals surface area contributed by atoms with E-state index in [0.717, 1.165) is 0 Å². The van der Waals surface area contributed by atoms with Gasteiger partial charge in [0.2, 0.25) is 6.08 Å². The number of benzene rings is 1. The van der Waals surface area contributed by atoms with Crippen molar-refractivity contribution in [1.29, 1.82) is 5.26 Å². The third kappa shape index (κ3) is 2.90. The fraction of sp³-hybridized carbons (Fsp3) is 0.333. The molecule has 0 aromatic heterocycles. The molecule has 0 bridgehead atoms. The molecule has 17 heavy (non-hydrogen) atoms. The maximum absolute atomic E-state index is 13.9. The summed E-state index contributed by atoms with van der Waals surface area (Å²) in [6, 6.07) is 5.14. The lowest BCUT2D eigenvalue weighted by molar-refractivity contribution is 0.562. The van der Waals surface area contributed by atoms with Gasteiger partial charge in [-0.25, -0.2) is 14.2 Å². The van der Waals surface area contributed by atoms with E-state index < -0.39 is 5.82 Å². The molecule has 1 aromatic carbocycles. The molecule has 0 atom stereocenters. The molecule has 0 N–H and O–H groups in total. The van der Waals surface area contributed by atoms with Crippen LogP contribution in [-0.4, -0.2) is 26.7 Å². The standard InChI is InChI=1S/C12H12FN3O/c1-16(2)11-4-3-9(5-6-15-8-17)12(13)10(11)7-14/h3-4H,5-6H2,1-2H3. The predicted molar refractivity (Wildman–Crippen MR) is 62.1 cm³/mol. The summed E-state index contributed by atoms with van der Waals surface area (Å²) < 4.78 is 13.9. The number of rotatable bonds is 4. The van der Waals surface area contributed by atoms with Gasteiger partial charge in [-0.1, -0.05) is 6.07 Å². The number of halogens is 1. The quantitative estimate of drug-likeness (QED) is 0.586. The molecule has 0 unspecified atom stereocenters. The van der Waals surface area contributed by atoms with Crippen LogP contribution in [0, 0.1) is 17.1 Å². The predicted octanol–water partition coefficient (Wildman–Crippen LogP) is 1.64. The van der Waals surface area contributed by atoms with Crippen molar-refractivity contribution in [2.75, 3.05) is 25.5 Å². The van der Waals surface area contributed by atoms with Gasteiger partial charge in [-0.3, -0.25) is 0 Å². The summed E-state index contributed by atoms with van der Waals surface area (Å²) in [5.74, 6) is -0.542. The van der Waals surface area contributed by atoms with E-state index in [4.69, 9.17) is 5.26 Å². The monoisotopic (exact) mass is 233 g/mol. The summed E-state index contributed by atoms with van der Waals surface area (Å²) >= 11 is 0. The molecule has 0 saturated heterocycles. The Kier molecular flexibility index (Phi) is 4.38. The summed E-state index contributed by atoms with van der Waals surface area (Å²) in [7, 11) is 3.48. The number of hydrogen-bond donors (Lipinski definition) is 0. The number of nitriles is 1. The molecule has 88 valence electrons. The summed E-state index contributed by atoms with van der Waals surface area (Å²) in [4.78, 5) is 14.9. The lowest BCUT2D eigenvalue weighted by atomic mass is 10.1. The zero-order chi connectivity index (χ0) is 12.8. The molecular formula is C12H12FN3O. The van der Waals surface area contributed by atoms with Gasteiger partial charge in [-0.2, -0.15) is 5.26 Å². The van der Waals surface area contributed by atoms with Gasteiger partial charge in [-0.05, 0) is 18.1 Å². The molecule has 0 heterocycles. The van der Waals surface area contributed by atoms with Crippen molar-refractivity contribution in [2.24, 2.45) is 4.99 Å². The molecule has 0 saturated carbocycles. The van der Waals surface area contributed by atoms with Crippen molar-refractivity contribution in [3.05, 3.63) is 29.1 Å². The Morgan fingerprint density at radius 1 is 1.47 bits per heavy atom. The van der Waals surface area contributed by atoms with Crippen molar-refractivity contribution in [3.63, 3.8) is 0 Å². The topological polar surface area (TPSA) is 56.5 Å². The molecule has 0 radical (unpaired) electrons. The Balaban J connectivity index is 3.12. The average molecular weight is 233 g/mol. The number of aliphatic imine (C=N–C) groups is 1. The van der Waals surface area contributed by atoms with Crippen LogP contribution in [0.25, 0.3) is 0 Å². The highest BCUT2D eigenvalue weighted by Crippen LogP contribution is 2.23. The SMILES string of the molecule is CN(C)c1ccc(CCN=C=O)c(F)c1C#N. The zero-order valence-electron chi connectivity index (χ0n) is 9.70. The molecule has 0 amide bonds. The van der Waals surface area contributed by atoms with Gasteiger partial charge in [-0.15, -0.1) is 0 Å². The smallest absolute Gasteiger partial charge is 0.234 e. The number of hydrogen-bond acceptors (Lipinski definition) is 4. The second-order valence-electron chi connectivity index (χ2n) is 3.66. The van der Waals surface area contributed by atoms with Crippen LogP contribution in [0.4, 0.5) is 10.1 Å². The zero-order valence-corrected chi connectivity index (χ0v) is 9.70. The van der Waals surface area contributed by atoms with Gasteiger partial charge in [0.1, 0.15) is 17.4 Å². The molecule has 0 aliphatic carbocycles. The molecular weight excluding hydrogens is 221 g/mol. The van der Waals surface area contributed by atoms with E-state index in [1.54, 1.807) is 31.1 Å². The molecule has 4 nitrogen and oxygen atoms in total. The highest BCUT2D eigenvalue weighted by molar-refractivity contribution is 5.60. The van der Waals surface area contributed by atoms with E-state index in [1.165, 1.54) is 6.08 Å². The molecule has 0 fully saturated rings. The van der Waals surface area contributed by atoms with E-state index in [1.807, 2.05) is 6.07 Å². The molecule has 0 spiro atoms. The highest BCUT2D eigenvalue weighted by Gasteiger charge is 2.13. The van der Waals surface area contributed by atoms with Crippen LogP contribution in [0.2, 0.25) is 0 Å². The Morgan fingerprint density at radius 2 is 2.18 bits per heavy atom. The Labute approximate surface area is 99.0 Å². The van der Waals surface area contributed by atoms with Gasteiger partial charge < -0.3 is 4.90 Å². The van der Waals surface area contributed by atoms with Gasteiger partial charge in [0.25, 0.3) is 0 Å². The fourth-order valence-corrected chi connectivity index (χ4v) is 1.50.